The summed E-state index contributed by atoms with van der Waals surface area (Å²) in [7, 11) is 0. The van der Waals surface area contributed by atoms with Gasteiger partial charge in [-0.3, -0.25) is 4.79 Å². The third-order valence-corrected chi connectivity index (χ3v) is 4.99. The maximum absolute atomic E-state index is 11.0. The number of hydrogen-bond acceptors (Lipinski definition) is 5. The largest absolute Gasteiger partial charge is 0.370 e. The van der Waals surface area contributed by atoms with Crippen LogP contribution in [0.1, 0.15) is 44.7 Å². The zero-order chi connectivity index (χ0) is 16.4. The summed E-state index contributed by atoms with van der Waals surface area (Å²) in [6, 6.07) is 2.45. The summed E-state index contributed by atoms with van der Waals surface area (Å²) in [6.45, 7) is 7.19. The van der Waals surface area contributed by atoms with Crippen molar-refractivity contribution in [2.24, 2.45) is 17.6 Å². The SMILES string of the molecule is CC(C)[C@H]1CN(CCC(N)=O)C[C@@H]1Nc1cc(C2CC2)ncn1. The van der Waals surface area contributed by atoms with Crippen LogP contribution in [0.5, 0.6) is 0 Å². The average molecular weight is 317 g/mol. The molecule has 0 spiro atoms. The Balaban J connectivity index is 1.64. The number of primary amides is 1. The number of likely N-dealkylation sites (tertiary alicyclic amines) is 1. The summed E-state index contributed by atoms with van der Waals surface area (Å²) >= 11 is 0. The number of rotatable bonds is 7. The van der Waals surface area contributed by atoms with Crippen molar-refractivity contribution in [1.82, 2.24) is 14.9 Å². The second-order valence-electron chi connectivity index (χ2n) is 7.24. The van der Waals surface area contributed by atoms with Gasteiger partial charge in [0.15, 0.2) is 0 Å². The molecule has 0 aromatic carbocycles. The topological polar surface area (TPSA) is 84.1 Å². The van der Waals surface area contributed by atoms with E-state index >= 15 is 0 Å². The molecule has 1 aromatic rings. The van der Waals surface area contributed by atoms with E-state index in [1.807, 2.05) is 0 Å². The third-order valence-electron chi connectivity index (χ3n) is 4.99. The minimum Gasteiger partial charge on any atom is -0.370 e. The van der Waals surface area contributed by atoms with Crippen molar-refractivity contribution in [3.05, 3.63) is 18.1 Å². The molecule has 0 bridgehead atoms. The zero-order valence-electron chi connectivity index (χ0n) is 14.0. The van der Waals surface area contributed by atoms with Gasteiger partial charge < -0.3 is 16.0 Å². The van der Waals surface area contributed by atoms with Crippen LogP contribution in [0, 0.1) is 11.8 Å². The van der Waals surface area contributed by atoms with Crippen molar-refractivity contribution in [3.63, 3.8) is 0 Å². The molecule has 2 heterocycles. The third kappa shape index (κ3) is 4.19. The van der Waals surface area contributed by atoms with E-state index in [2.05, 4.69) is 40.1 Å². The van der Waals surface area contributed by atoms with Crippen molar-refractivity contribution in [1.29, 1.82) is 0 Å². The number of nitrogens with zero attached hydrogens (tertiary/aromatic N) is 3. The van der Waals surface area contributed by atoms with Gasteiger partial charge in [-0.15, -0.1) is 0 Å². The highest BCUT2D eigenvalue weighted by Gasteiger charge is 2.35. The fourth-order valence-corrected chi connectivity index (χ4v) is 3.44. The highest BCUT2D eigenvalue weighted by molar-refractivity contribution is 5.73. The van der Waals surface area contributed by atoms with Gasteiger partial charge in [-0.25, -0.2) is 9.97 Å². The molecule has 1 aliphatic carbocycles. The molecular weight excluding hydrogens is 290 g/mol. The fraction of sp³-hybridized carbons (Fsp3) is 0.706. The molecule has 1 aliphatic heterocycles. The smallest absolute Gasteiger partial charge is 0.218 e. The molecule has 6 heteroatoms. The van der Waals surface area contributed by atoms with Crippen LogP contribution in [0.4, 0.5) is 5.82 Å². The van der Waals surface area contributed by atoms with Crippen LogP contribution in [0.2, 0.25) is 0 Å². The molecule has 126 valence electrons. The lowest BCUT2D eigenvalue weighted by atomic mass is 9.91. The minimum absolute atomic E-state index is 0.229. The van der Waals surface area contributed by atoms with Crippen molar-refractivity contribution in [2.75, 3.05) is 25.0 Å². The lowest BCUT2D eigenvalue weighted by molar-refractivity contribution is -0.118. The van der Waals surface area contributed by atoms with E-state index in [9.17, 15) is 4.79 Å². The maximum atomic E-state index is 11.0. The van der Waals surface area contributed by atoms with E-state index in [4.69, 9.17) is 5.73 Å². The van der Waals surface area contributed by atoms with Gasteiger partial charge in [0, 0.05) is 49.8 Å². The molecule has 6 nitrogen and oxygen atoms in total. The summed E-state index contributed by atoms with van der Waals surface area (Å²) in [5.41, 5.74) is 6.44. The fourth-order valence-electron chi connectivity index (χ4n) is 3.44. The van der Waals surface area contributed by atoms with E-state index in [1.165, 1.54) is 12.8 Å². The van der Waals surface area contributed by atoms with Gasteiger partial charge in [0.1, 0.15) is 12.1 Å². The Labute approximate surface area is 137 Å². The lowest BCUT2D eigenvalue weighted by Gasteiger charge is -2.23. The number of amides is 1. The van der Waals surface area contributed by atoms with Crippen LogP contribution in [-0.4, -0.2) is 46.5 Å². The predicted octanol–water partition coefficient (Wildman–Crippen LogP) is 1.60. The van der Waals surface area contributed by atoms with Gasteiger partial charge in [0.25, 0.3) is 0 Å². The van der Waals surface area contributed by atoms with E-state index in [-0.39, 0.29) is 5.91 Å². The van der Waals surface area contributed by atoms with E-state index in [0.717, 1.165) is 31.1 Å². The number of aromatic nitrogens is 2. The van der Waals surface area contributed by atoms with Crippen molar-refractivity contribution < 1.29 is 4.79 Å². The van der Waals surface area contributed by atoms with Crippen LogP contribution in [-0.2, 0) is 4.79 Å². The number of nitrogens with two attached hydrogens (primary N) is 1. The molecular formula is C17H27N5O. The monoisotopic (exact) mass is 317 g/mol. The van der Waals surface area contributed by atoms with Crippen LogP contribution in [0.25, 0.3) is 0 Å². The summed E-state index contributed by atoms with van der Waals surface area (Å²) < 4.78 is 0. The predicted molar refractivity (Wildman–Crippen MR) is 90.0 cm³/mol. The molecule has 2 fully saturated rings. The van der Waals surface area contributed by atoms with Gasteiger partial charge in [-0.2, -0.15) is 0 Å². The van der Waals surface area contributed by atoms with E-state index in [1.54, 1.807) is 6.33 Å². The summed E-state index contributed by atoms with van der Waals surface area (Å²) in [4.78, 5) is 22.1. The number of carbonyl (C=O) groups excluding carboxylic acids is 1. The van der Waals surface area contributed by atoms with Gasteiger partial charge in [-0.05, 0) is 24.7 Å². The molecule has 0 unspecified atom stereocenters. The Hall–Kier alpha value is -1.69. The summed E-state index contributed by atoms with van der Waals surface area (Å²) in [5.74, 6) is 2.45. The van der Waals surface area contributed by atoms with Gasteiger partial charge in [0.05, 0.1) is 0 Å². The van der Waals surface area contributed by atoms with Crippen LogP contribution in [0.15, 0.2) is 12.4 Å². The van der Waals surface area contributed by atoms with E-state index < -0.39 is 0 Å². The summed E-state index contributed by atoms with van der Waals surface area (Å²) in [6.07, 6.45) is 4.59. The standard InChI is InChI=1S/C17H27N5O/c1-11(2)13-8-22(6-5-16(18)23)9-15(13)21-17-7-14(12-3-4-12)19-10-20-17/h7,10-13,15H,3-6,8-9H2,1-2H3,(H2,18,23)(H,19,20,21)/t13-,15+/m1/s1. The van der Waals surface area contributed by atoms with Gasteiger partial charge in [-0.1, -0.05) is 13.8 Å². The molecule has 1 amide bonds. The van der Waals surface area contributed by atoms with Crippen LogP contribution >= 0.6 is 0 Å². The quantitative estimate of drug-likeness (QED) is 0.798. The second-order valence-corrected chi connectivity index (χ2v) is 7.24. The van der Waals surface area contributed by atoms with Gasteiger partial charge in [0.2, 0.25) is 5.91 Å². The molecule has 3 rings (SSSR count). The first kappa shape index (κ1) is 16.2. The Morgan fingerprint density at radius 3 is 2.83 bits per heavy atom. The Bertz CT molecular complexity index is 558. The maximum Gasteiger partial charge on any atom is 0.218 e. The molecule has 23 heavy (non-hydrogen) atoms. The first-order valence-corrected chi connectivity index (χ1v) is 8.62. The number of nitrogens with one attached hydrogen (secondary N) is 1. The first-order chi connectivity index (χ1) is 11.0. The molecule has 1 saturated heterocycles. The Morgan fingerprint density at radius 1 is 1.39 bits per heavy atom. The lowest BCUT2D eigenvalue weighted by Crippen LogP contribution is -2.32. The second kappa shape index (κ2) is 6.83. The molecule has 1 saturated carbocycles. The number of carbonyl (C=O) groups is 1. The van der Waals surface area contributed by atoms with Crippen LogP contribution in [0.3, 0.4) is 0 Å². The molecule has 0 radical (unpaired) electrons. The van der Waals surface area contributed by atoms with Crippen molar-refractivity contribution in [3.8, 4) is 0 Å². The van der Waals surface area contributed by atoms with Gasteiger partial charge >= 0.3 is 0 Å². The van der Waals surface area contributed by atoms with Crippen molar-refractivity contribution in [2.45, 2.75) is 45.1 Å². The molecule has 2 atom stereocenters. The minimum atomic E-state index is -0.229. The Morgan fingerprint density at radius 2 is 2.17 bits per heavy atom. The Kier molecular flexibility index (Phi) is 4.80. The summed E-state index contributed by atoms with van der Waals surface area (Å²) in [5, 5.41) is 3.60. The molecule has 2 aliphatic rings. The highest BCUT2D eigenvalue weighted by Crippen LogP contribution is 2.39. The number of hydrogen-bond donors (Lipinski definition) is 2. The average Bonchev–Trinajstić information content (AvgIpc) is 3.27. The number of anilines is 1. The molecule has 3 N–H and O–H groups in total. The van der Waals surface area contributed by atoms with E-state index in [0.29, 0.717) is 30.2 Å². The first-order valence-electron chi connectivity index (χ1n) is 8.62. The highest BCUT2D eigenvalue weighted by atomic mass is 16.1. The zero-order valence-corrected chi connectivity index (χ0v) is 14.0. The van der Waals surface area contributed by atoms with Crippen molar-refractivity contribution >= 4 is 11.7 Å². The van der Waals surface area contributed by atoms with Crippen LogP contribution < -0.4 is 11.1 Å². The normalized spacial score (nSPS) is 25.0. The molecule has 1 aromatic heterocycles.